The Morgan fingerprint density at radius 2 is 2.22 bits per heavy atom. The smallest absolute Gasteiger partial charge is 0.339 e. The standard InChI is InChI=1S/C12H10BrF2NO2/c1-2-18-12(17)9-4-7(11(14)15)3-8(5-13)10(9)6-16/h3-4,11H,2,5H2,1H3. The van der Waals surface area contributed by atoms with E-state index in [0.717, 1.165) is 6.07 Å². The first-order valence-electron chi connectivity index (χ1n) is 5.13. The summed E-state index contributed by atoms with van der Waals surface area (Å²) in [6.45, 7) is 1.72. The molecule has 1 rings (SSSR count). The van der Waals surface area contributed by atoms with E-state index in [4.69, 9.17) is 10.00 Å². The third-order valence-corrected chi connectivity index (χ3v) is 2.85. The zero-order valence-electron chi connectivity index (χ0n) is 9.54. The summed E-state index contributed by atoms with van der Waals surface area (Å²) >= 11 is 3.11. The summed E-state index contributed by atoms with van der Waals surface area (Å²) in [4.78, 5) is 11.6. The Balaban J connectivity index is 3.41. The van der Waals surface area contributed by atoms with Gasteiger partial charge in [-0.1, -0.05) is 15.9 Å². The van der Waals surface area contributed by atoms with Crippen molar-refractivity contribution < 1.29 is 18.3 Å². The fourth-order valence-corrected chi connectivity index (χ4v) is 1.90. The van der Waals surface area contributed by atoms with Crippen LogP contribution in [-0.2, 0) is 10.1 Å². The third kappa shape index (κ3) is 3.05. The molecular formula is C12H10BrF2NO2. The first-order chi connectivity index (χ1) is 8.54. The lowest BCUT2D eigenvalue weighted by molar-refractivity contribution is 0.0525. The van der Waals surface area contributed by atoms with Gasteiger partial charge in [-0.15, -0.1) is 0 Å². The van der Waals surface area contributed by atoms with E-state index in [1.807, 2.05) is 6.07 Å². The fourth-order valence-electron chi connectivity index (χ4n) is 1.46. The van der Waals surface area contributed by atoms with Crippen LogP contribution in [0.4, 0.5) is 8.78 Å². The van der Waals surface area contributed by atoms with Gasteiger partial charge in [-0.05, 0) is 24.6 Å². The van der Waals surface area contributed by atoms with E-state index in [9.17, 15) is 13.6 Å². The molecule has 96 valence electrons. The van der Waals surface area contributed by atoms with Crippen LogP contribution in [0, 0.1) is 11.3 Å². The molecule has 0 fully saturated rings. The highest BCUT2D eigenvalue weighted by molar-refractivity contribution is 9.08. The second-order valence-corrected chi connectivity index (χ2v) is 3.93. The van der Waals surface area contributed by atoms with E-state index in [1.54, 1.807) is 6.92 Å². The zero-order valence-corrected chi connectivity index (χ0v) is 11.1. The minimum atomic E-state index is -2.70. The molecule has 0 saturated carbocycles. The lowest BCUT2D eigenvalue weighted by Gasteiger charge is -2.10. The van der Waals surface area contributed by atoms with Crippen molar-refractivity contribution in [3.8, 4) is 6.07 Å². The van der Waals surface area contributed by atoms with Crippen molar-refractivity contribution in [2.24, 2.45) is 0 Å². The number of alkyl halides is 3. The minimum absolute atomic E-state index is 0.0646. The van der Waals surface area contributed by atoms with Gasteiger partial charge in [0.15, 0.2) is 0 Å². The van der Waals surface area contributed by atoms with E-state index >= 15 is 0 Å². The van der Waals surface area contributed by atoms with Crippen molar-refractivity contribution in [3.63, 3.8) is 0 Å². The van der Waals surface area contributed by atoms with Crippen LogP contribution in [0.25, 0.3) is 0 Å². The fraction of sp³-hybridized carbons (Fsp3) is 0.333. The average Bonchev–Trinajstić information content (AvgIpc) is 2.37. The molecule has 0 amide bonds. The van der Waals surface area contributed by atoms with Crippen LogP contribution in [0.2, 0.25) is 0 Å². The van der Waals surface area contributed by atoms with Crippen LogP contribution < -0.4 is 0 Å². The molecule has 0 saturated heterocycles. The maximum absolute atomic E-state index is 12.7. The Morgan fingerprint density at radius 3 is 2.67 bits per heavy atom. The summed E-state index contributed by atoms with van der Waals surface area (Å²) in [5.74, 6) is -0.765. The largest absolute Gasteiger partial charge is 0.462 e. The average molecular weight is 318 g/mol. The zero-order chi connectivity index (χ0) is 13.7. The Labute approximate surface area is 111 Å². The molecule has 1 aromatic rings. The molecule has 0 heterocycles. The Hall–Kier alpha value is -1.48. The summed E-state index contributed by atoms with van der Waals surface area (Å²) in [5, 5.41) is 9.22. The van der Waals surface area contributed by atoms with Crippen LogP contribution >= 0.6 is 15.9 Å². The van der Waals surface area contributed by atoms with E-state index < -0.39 is 12.4 Å². The Morgan fingerprint density at radius 1 is 1.56 bits per heavy atom. The van der Waals surface area contributed by atoms with E-state index in [0.29, 0.717) is 5.56 Å². The van der Waals surface area contributed by atoms with Gasteiger partial charge in [-0.3, -0.25) is 0 Å². The summed E-state index contributed by atoms with van der Waals surface area (Å²) in [6.07, 6.45) is -2.70. The number of ether oxygens (including phenoxy) is 1. The predicted octanol–water partition coefficient (Wildman–Crippen LogP) is 3.57. The SMILES string of the molecule is CCOC(=O)c1cc(C(F)F)cc(CBr)c1C#N. The highest BCUT2D eigenvalue weighted by atomic mass is 79.9. The number of carbonyl (C=O) groups is 1. The topological polar surface area (TPSA) is 50.1 Å². The maximum atomic E-state index is 12.7. The molecule has 0 aliphatic heterocycles. The lowest BCUT2D eigenvalue weighted by atomic mass is 9.99. The number of rotatable bonds is 4. The molecule has 1 aromatic carbocycles. The molecule has 0 aliphatic carbocycles. The first-order valence-corrected chi connectivity index (χ1v) is 6.25. The summed E-state index contributed by atoms with van der Waals surface area (Å²) in [6, 6.07) is 4.06. The van der Waals surface area contributed by atoms with Gasteiger partial charge in [-0.2, -0.15) is 5.26 Å². The van der Waals surface area contributed by atoms with Gasteiger partial charge in [0.2, 0.25) is 0 Å². The predicted molar refractivity (Wildman–Crippen MR) is 64.7 cm³/mol. The lowest BCUT2D eigenvalue weighted by Crippen LogP contribution is -2.09. The van der Waals surface area contributed by atoms with Crippen molar-refractivity contribution in [1.29, 1.82) is 5.26 Å². The Bertz CT molecular complexity index is 498. The maximum Gasteiger partial charge on any atom is 0.339 e. The van der Waals surface area contributed by atoms with Gasteiger partial charge in [0.05, 0.1) is 17.7 Å². The molecule has 0 bridgehead atoms. The molecule has 0 unspecified atom stereocenters. The normalized spacial score (nSPS) is 10.2. The van der Waals surface area contributed by atoms with Crippen molar-refractivity contribution in [1.82, 2.24) is 0 Å². The number of esters is 1. The second-order valence-electron chi connectivity index (χ2n) is 3.37. The summed E-state index contributed by atoms with van der Waals surface area (Å²) < 4.78 is 30.2. The van der Waals surface area contributed by atoms with Crippen molar-refractivity contribution in [3.05, 3.63) is 34.4 Å². The number of nitriles is 1. The monoisotopic (exact) mass is 317 g/mol. The highest BCUT2D eigenvalue weighted by Crippen LogP contribution is 2.26. The summed E-state index contributed by atoms with van der Waals surface area (Å²) in [5.41, 5.74) is -0.00817. The number of halogens is 3. The van der Waals surface area contributed by atoms with Crippen molar-refractivity contribution in [2.45, 2.75) is 18.7 Å². The molecule has 0 aliphatic rings. The third-order valence-electron chi connectivity index (χ3n) is 2.25. The van der Waals surface area contributed by atoms with Gasteiger partial charge in [-0.25, -0.2) is 13.6 Å². The van der Waals surface area contributed by atoms with Crippen LogP contribution in [0.15, 0.2) is 12.1 Å². The number of hydrogen-bond acceptors (Lipinski definition) is 3. The number of nitrogens with zero attached hydrogens (tertiary/aromatic N) is 1. The molecule has 18 heavy (non-hydrogen) atoms. The van der Waals surface area contributed by atoms with Gasteiger partial charge in [0.25, 0.3) is 6.43 Å². The summed E-state index contributed by atoms with van der Waals surface area (Å²) in [7, 11) is 0. The molecular weight excluding hydrogens is 308 g/mol. The number of carbonyl (C=O) groups excluding carboxylic acids is 1. The number of benzene rings is 1. The second kappa shape index (κ2) is 6.45. The molecule has 0 spiro atoms. The number of hydrogen-bond donors (Lipinski definition) is 0. The van der Waals surface area contributed by atoms with Gasteiger partial charge < -0.3 is 4.74 Å². The quantitative estimate of drug-likeness (QED) is 0.630. The minimum Gasteiger partial charge on any atom is -0.462 e. The van der Waals surface area contributed by atoms with Crippen LogP contribution in [0.3, 0.4) is 0 Å². The Kier molecular flexibility index (Phi) is 5.23. The molecule has 0 atom stereocenters. The first kappa shape index (κ1) is 14.6. The molecule has 0 N–H and O–H groups in total. The van der Waals surface area contributed by atoms with Gasteiger partial charge in [0, 0.05) is 10.9 Å². The van der Waals surface area contributed by atoms with Crippen LogP contribution in [0.5, 0.6) is 0 Å². The van der Waals surface area contributed by atoms with E-state index in [2.05, 4.69) is 15.9 Å². The molecule has 6 heteroatoms. The van der Waals surface area contributed by atoms with Gasteiger partial charge in [0.1, 0.15) is 6.07 Å². The molecule has 0 radical (unpaired) electrons. The molecule has 0 aromatic heterocycles. The van der Waals surface area contributed by atoms with Crippen molar-refractivity contribution >= 4 is 21.9 Å². The van der Waals surface area contributed by atoms with E-state index in [-0.39, 0.29) is 28.6 Å². The van der Waals surface area contributed by atoms with E-state index in [1.165, 1.54) is 6.07 Å². The van der Waals surface area contributed by atoms with Crippen LogP contribution in [0.1, 0.15) is 40.4 Å². The van der Waals surface area contributed by atoms with Gasteiger partial charge >= 0.3 is 5.97 Å². The highest BCUT2D eigenvalue weighted by Gasteiger charge is 2.20. The van der Waals surface area contributed by atoms with Crippen molar-refractivity contribution in [2.75, 3.05) is 6.61 Å². The molecule has 3 nitrogen and oxygen atoms in total. The van der Waals surface area contributed by atoms with Crippen LogP contribution in [-0.4, -0.2) is 12.6 Å².